The number of alkyl halides is 3. The summed E-state index contributed by atoms with van der Waals surface area (Å²) in [5.74, 6) is -1.31. The summed E-state index contributed by atoms with van der Waals surface area (Å²) >= 11 is 5.90. The summed E-state index contributed by atoms with van der Waals surface area (Å²) in [5.41, 5.74) is 0.702. The lowest BCUT2D eigenvalue weighted by molar-refractivity contribution is -0.427. The first kappa shape index (κ1) is 16.3. The van der Waals surface area contributed by atoms with Crippen LogP contribution < -0.4 is 5.32 Å². The second-order valence-electron chi connectivity index (χ2n) is 5.14. The molecule has 0 aromatic heterocycles. The number of hydrogen-bond donors (Lipinski definition) is 1. The molecule has 3 rings (SSSR count). The van der Waals surface area contributed by atoms with Gasteiger partial charge in [-0.15, -0.1) is 13.2 Å². The molecule has 0 unspecified atom stereocenters. The maximum Gasteiger partial charge on any atom is 0.572 e. The lowest BCUT2D eigenvalue weighted by Gasteiger charge is -2.29. The van der Waals surface area contributed by atoms with Gasteiger partial charge in [-0.3, -0.25) is 14.9 Å². The van der Waals surface area contributed by atoms with Gasteiger partial charge < -0.3 is 10.1 Å². The second-order valence-corrected chi connectivity index (χ2v) is 5.52. The number of carbonyl (C=O) groups is 1. The summed E-state index contributed by atoms with van der Waals surface area (Å²) in [6.45, 7) is 0. The molecule has 0 fully saturated rings. The Morgan fingerprint density at radius 3 is 2.62 bits per heavy atom. The summed E-state index contributed by atoms with van der Waals surface area (Å²) in [7, 11) is 0. The molecule has 0 saturated heterocycles. The van der Waals surface area contributed by atoms with Crippen LogP contribution >= 0.6 is 11.6 Å². The van der Waals surface area contributed by atoms with E-state index in [-0.39, 0.29) is 28.4 Å². The second kappa shape index (κ2) is 5.52. The number of Topliss-reactive ketones (excluding diaryl/α,β-unsaturated/α-hetero) is 1. The number of nitrogens with zero attached hydrogens (tertiary/aromatic N) is 1. The summed E-state index contributed by atoms with van der Waals surface area (Å²) in [5, 5.41) is 13.4. The Hall–Kier alpha value is -2.55. The van der Waals surface area contributed by atoms with Crippen molar-refractivity contribution < 1.29 is 27.6 Å². The Morgan fingerprint density at radius 1 is 1.29 bits per heavy atom. The van der Waals surface area contributed by atoms with Gasteiger partial charge in [0.15, 0.2) is 5.78 Å². The molecule has 0 radical (unpaired) electrons. The quantitative estimate of drug-likeness (QED) is 0.604. The van der Waals surface area contributed by atoms with Crippen LogP contribution in [-0.4, -0.2) is 17.1 Å². The Labute approximate surface area is 137 Å². The fourth-order valence-corrected chi connectivity index (χ4v) is 2.76. The molecule has 126 valence electrons. The average molecular weight is 361 g/mol. The molecule has 0 saturated carbocycles. The van der Waals surface area contributed by atoms with Crippen LogP contribution in [0.2, 0.25) is 0 Å². The van der Waals surface area contributed by atoms with Gasteiger partial charge in [0.2, 0.25) is 0 Å². The Bertz CT molecular complexity index is 818. The highest BCUT2D eigenvalue weighted by Gasteiger charge is 2.38. The van der Waals surface area contributed by atoms with Gasteiger partial charge in [0.25, 0.3) is 5.70 Å². The highest BCUT2D eigenvalue weighted by molar-refractivity contribution is 6.43. The van der Waals surface area contributed by atoms with Gasteiger partial charge in [0.1, 0.15) is 10.8 Å². The zero-order chi connectivity index (χ0) is 17.6. The number of nitro groups is 1. The number of fused-ring (bicyclic) bond motifs is 2. The third-order valence-corrected chi connectivity index (χ3v) is 3.97. The molecule has 0 aromatic carbocycles. The van der Waals surface area contributed by atoms with E-state index in [0.717, 1.165) is 0 Å². The van der Waals surface area contributed by atoms with Crippen LogP contribution in [0.15, 0.2) is 57.3 Å². The Balaban J connectivity index is 2.11. The maximum absolute atomic E-state index is 12.6. The van der Waals surface area contributed by atoms with Crippen molar-refractivity contribution in [2.24, 2.45) is 0 Å². The smallest absolute Gasteiger partial charge is 0.409 e. The van der Waals surface area contributed by atoms with Gasteiger partial charge in [-0.2, -0.15) is 0 Å². The summed E-state index contributed by atoms with van der Waals surface area (Å²) in [6, 6.07) is 0. The molecule has 2 aliphatic carbocycles. The van der Waals surface area contributed by atoms with Crippen LogP contribution in [0.4, 0.5) is 13.2 Å². The van der Waals surface area contributed by atoms with Crippen LogP contribution in [0, 0.1) is 10.1 Å². The molecule has 0 amide bonds. The van der Waals surface area contributed by atoms with E-state index in [1.54, 1.807) is 0 Å². The standard InChI is InChI=1S/C14H8ClF3N2O4/c15-12-10(21)5-11(24-14(16,17)18)8-4-6-3-7(20(22)23)1-2-9(6)19-13(8)12/h1-2,4,19H,3,5H2. The number of rotatable bonds is 2. The normalized spacial score (nSPS) is 20.5. The predicted molar refractivity (Wildman–Crippen MR) is 75.7 cm³/mol. The summed E-state index contributed by atoms with van der Waals surface area (Å²) in [6.07, 6.45) is -1.67. The number of allylic oxidation sites excluding steroid dienone is 7. The van der Waals surface area contributed by atoms with E-state index in [4.69, 9.17) is 11.6 Å². The number of nitrogens with one attached hydrogen (secondary N) is 1. The fourth-order valence-electron chi connectivity index (χ4n) is 2.54. The van der Waals surface area contributed by atoms with Crippen molar-refractivity contribution in [1.29, 1.82) is 0 Å². The SMILES string of the molecule is O=C1CC(OC(F)(F)F)=C2C=C3CC([N+](=O)[O-])=CC=C3NC2=C1Cl. The third kappa shape index (κ3) is 2.94. The number of ether oxygens (including phenoxy) is 1. The van der Waals surface area contributed by atoms with Crippen molar-refractivity contribution in [2.45, 2.75) is 19.2 Å². The molecule has 24 heavy (non-hydrogen) atoms. The van der Waals surface area contributed by atoms with E-state index in [1.165, 1.54) is 18.2 Å². The minimum absolute atomic E-state index is 0.000111. The predicted octanol–water partition coefficient (Wildman–Crippen LogP) is 3.18. The molecular formula is C14H8ClF3N2O4. The molecule has 6 nitrogen and oxygen atoms in total. The highest BCUT2D eigenvalue weighted by Crippen LogP contribution is 2.40. The molecule has 0 atom stereocenters. The van der Waals surface area contributed by atoms with Gasteiger partial charge in [0.05, 0.1) is 23.5 Å². The van der Waals surface area contributed by atoms with Gasteiger partial charge >= 0.3 is 6.36 Å². The minimum Gasteiger partial charge on any atom is -0.409 e. The van der Waals surface area contributed by atoms with Gasteiger partial charge in [-0.05, 0) is 17.7 Å². The first-order chi connectivity index (χ1) is 11.2. The van der Waals surface area contributed by atoms with E-state index in [1.807, 2.05) is 0 Å². The molecule has 0 bridgehead atoms. The van der Waals surface area contributed by atoms with Crippen molar-refractivity contribution in [1.82, 2.24) is 5.32 Å². The molecule has 0 aromatic rings. The van der Waals surface area contributed by atoms with Crippen molar-refractivity contribution in [2.75, 3.05) is 0 Å². The lowest BCUT2D eigenvalue weighted by atomic mass is 9.89. The zero-order valence-electron chi connectivity index (χ0n) is 11.7. The first-order valence-electron chi connectivity index (χ1n) is 6.61. The maximum atomic E-state index is 12.6. The lowest BCUT2D eigenvalue weighted by Crippen LogP contribution is -2.30. The molecule has 3 aliphatic rings. The van der Waals surface area contributed by atoms with Crippen molar-refractivity contribution in [3.8, 4) is 0 Å². The molecular weight excluding hydrogens is 353 g/mol. The molecule has 1 N–H and O–H groups in total. The van der Waals surface area contributed by atoms with Gasteiger partial charge in [0, 0.05) is 17.3 Å². The van der Waals surface area contributed by atoms with Gasteiger partial charge in [-0.1, -0.05) is 11.6 Å². The first-order valence-corrected chi connectivity index (χ1v) is 6.99. The van der Waals surface area contributed by atoms with Crippen molar-refractivity contribution >= 4 is 17.4 Å². The fraction of sp³-hybridized carbons (Fsp3) is 0.214. The third-order valence-electron chi connectivity index (χ3n) is 3.57. The van der Waals surface area contributed by atoms with Crippen LogP contribution in [0.5, 0.6) is 0 Å². The van der Waals surface area contributed by atoms with E-state index in [0.29, 0.717) is 11.3 Å². The highest BCUT2D eigenvalue weighted by atomic mass is 35.5. The van der Waals surface area contributed by atoms with Crippen molar-refractivity contribution in [3.63, 3.8) is 0 Å². The Kier molecular flexibility index (Phi) is 3.75. The summed E-state index contributed by atoms with van der Waals surface area (Å²) < 4.78 is 41.6. The van der Waals surface area contributed by atoms with Crippen LogP contribution in [0.1, 0.15) is 12.8 Å². The van der Waals surface area contributed by atoms with E-state index in [9.17, 15) is 28.1 Å². The Morgan fingerprint density at radius 2 is 2.00 bits per heavy atom. The van der Waals surface area contributed by atoms with E-state index in [2.05, 4.69) is 10.1 Å². The molecule has 0 spiro atoms. The number of halogens is 4. The van der Waals surface area contributed by atoms with Crippen molar-refractivity contribution in [3.05, 3.63) is 67.4 Å². The number of carbonyl (C=O) groups excluding carboxylic acids is 1. The monoisotopic (exact) mass is 360 g/mol. The van der Waals surface area contributed by atoms with Crippen LogP contribution in [0.25, 0.3) is 0 Å². The average Bonchev–Trinajstić information content (AvgIpc) is 2.49. The summed E-state index contributed by atoms with van der Waals surface area (Å²) in [4.78, 5) is 22.1. The number of hydrogen-bond acceptors (Lipinski definition) is 5. The molecule has 10 heteroatoms. The number of ketones is 1. The molecule has 1 heterocycles. The largest absolute Gasteiger partial charge is 0.572 e. The molecule has 1 aliphatic heterocycles. The van der Waals surface area contributed by atoms with Gasteiger partial charge in [-0.25, -0.2) is 0 Å². The van der Waals surface area contributed by atoms with E-state index >= 15 is 0 Å². The minimum atomic E-state index is -4.97. The topological polar surface area (TPSA) is 81.5 Å². The van der Waals surface area contributed by atoms with Crippen LogP contribution in [-0.2, 0) is 9.53 Å². The van der Waals surface area contributed by atoms with Crippen LogP contribution in [0.3, 0.4) is 0 Å². The van der Waals surface area contributed by atoms with E-state index < -0.39 is 29.2 Å². The zero-order valence-corrected chi connectivity index (χ0v) is 12.5.